The van der Waals surface area contributed by atoms with Gasteiger partial charge in [-0.15, -0.1) is 0 Å². The van der Waals surface area contributed by atoms with Gasteiger partial charge in [0.1, 0.15) is 11.3 Å². The second kappa shape index (κ2) is 6.50. The summed E-state index contributed by atoms with van der Waals surface area (Å²) in [7, 11) is 0. The van der Waals surface area contributed by atoms with Crippen LogP contribution in [0.15, 0.2) is 40.8 Å². The minimum atomic E-state index is -0.503. The molecule has 2 heterocycles. The van der Waals surface area contributed by atoms with Gasteiger partial charge in [0, 0.05) is 31.3 Å². The maximum atomic E-state index is 13.7. The summed E-state index contributed by atoms with van der Waals surface area (Å²) < 4.78 is 19.1. The van der Waals surface area contributed by atoms with Gasteiger partial charge < -0.3 is 14.6 Å². The van der Waals surface area contributed by atoms with Gasteiger partial charge in [-0.05, 0) is 42.8 Å². The first-order chi connectivity index (χ1) is 12.9. The first-order valence-electron chi connectivity index (χ1n) is 8.65. The number of hydrogen-bond donors (Lipinski definition) is 1. The fourth-order valence-electron chi connectivity index (χ4n) is 3.25. The summed E-state index contributed by atoms with van der Waals surface area (Å²) in [6, 6.07) is 9.85. The molecule has 1 unspecified atom stereocenters. The minimum Gasteiger partial charge on any atom is -0.441 e. The van der Waals surface area contributed by atoms with E-state index in [1.165, 1.54) is 6.07 Å². The first kappa shape index (κ1) is 17.2. The molecule has 0 bridgehead atoms. The highest BCUT2D eigenvalue weighted by Crippen LogP contribution is 2.29. The number of aromatic nitrogens is 1. The Hall–Kier alpha value is -3.22. The van der Waals surface area contributed by atoms with Crippen LogP contribution in [0.3, 0.4) is 0 Å². The Morgan fingerprint density at radius 1 is 1.26 bits per heavy atom. The maximum absolute atomic E-state index is 13.7. The fourth-order valence-corrected chi connectivity index (χ4v) is 3.25. The molecule has 1 aromatic heterocycles. The molecule has 2 amide bonds. The van der Waals surface area contributed by atoms with E-state index in [0.717, 1.165) is 0 Å². The van der Waals surface area contributed by atoms with E-state index < -0.39 is 5.92 Å². The number of nitrogens with zero attached hydrogens (tertiary/aromatic N) is 2. The third-order valence-corrected chi connectivity index (χ3v) is 4.72. The van der Waals surface area contributed by atoms with Crippen molar-refractivity contribution in [1.29, 1.82) is 0 Å². The maximum Gasteiger partial charge on any atom is 0.229 e. The lowest BCUT2D eigenvalue weighted by Crippen LogP contribution is -2.28. The van der Waals surface area contributed by atoms with E-state index in [0.29, 0.717) is 33.9 Å². The molecule has 1 N–H and O–H groups in total. The molecule has 1 aliphatic rings. The number of amides is 2. The van der Waals surface area contributed by atoms with Crippen molar-refractivity contribution in [2.75, 3.05) is 16.8 Å². The second-order valence-electron chi connectivity index (χ2n) is 6.74. The summed E-state index contributed by atoms with van der Waals surface area (Å²) in [4.78, 5) is 30.8. The summed E-state index contributed by atoms with van der Waals surface area (Å²) in [5.41, 5.74) is 2.89. The van der Waals surface area contributed by atoms with Gasteiger partial charge in [-0.3, -0.25) is 9.59 Å². The quantitative estimate of drug-likeness (QED) is 0.768. The zero-order valence-corrected chi connectivity index (χ0v) is 15.0. The van der Waals surface area contributed by atoms with E-state index >= 15 is 0 Å². The Morgan fingerprint density at radius 3 is 2.85 bits per heavy atom. The average Bonchev–Trinajstić information content (AvgIpc) is 3.19. The third-order valence-electron chi connectivity index (χ3n) is 4.72. The van der Waals surface area contributed by atoms with Crippen LogP contribution >= 0.6 is 0 Å². The van der Waals surface area contributed by atoms with Crippen LogP contribution < -0.4 is 10.2 Å². The van der Waals surface area contributed by atoms with Crippen LogP contribution in [0.5, 0.6) is 0 Å². The van der Waals surface area contributed by atoms with E-state index in [9.17, 15) is 14.0 Å². The Morgan fingerprint density at radius 2 is 2.07 bits per heavy atom. The highest BCUT2D eigenvalue weighted by Gasteiger charge is 2.35. The fraction of sp³-hybridized carbons (Fsp3) is 0.250. The molecule has 1 aliphatic heterocycles. The van der Waals surface area contributed by atoms with Gasteiger partial charge in [-0.1, -0.05) is 6.07 Å². The lowest BCUT2D eigenvalue weighted by molar-refractivity contribution is -0.122. The summed E-state index contributed by atoms with van der Waals surface area (Å²) in [6.45, 7) is 3.68. The molecule has 0 spiro atoms. The lowest BCUT2D eigenvalue weighted by Gasteiger charge is -2.16. The molecule has 4 rings (SSSR count). The molecular weight excluding hydrogens is 349 g/mol. The number of carbonyl (C=O) groups is 2. The van der Waals surface area contributed by atoms with E-state index in [-0.39, 0.29) is 30.6 Å². The smallest absolute Gasteiger partial charge is 0.229 e. The van der Waals surface area contributed by atoms with Crippen molar-refractivity contribution in [1.82, 2.24) is 4.98 Å². The van der Waals surface area contributed by atoms with Crippen LogP contribution in [0.4, 0.5) is 15.8 Å². The summed E-state index contributed by atoms with van der Waals surface area (Å²) in [5.74, 6) is -0.764. The predicted molar refractivity (Wildman–Crippen MR) is 99.0 cm³/mol. The summed E-state index contributed by atoms with van der Waals surface area (Å²) in [6.07, 6.45) is 0.107. The number of fused-ring (bicyclic) bond motifs is 1. The standard InChI is InChI=1S/C20H18FN3O3/c1-11-3-4-14(8-16(11)21)23-20(26)13-7-19(25)24(10-13)15-5-6-18-17(9-15)22-12(2)27-18/h3-6,8-9,13H,7,10H2,1-2H3,(H,23,26). The highest BCUT2D eigenvalue weighted by molar-refractivity contribution is 6.04. The molecule has 2 aromatic carbocycles. The Balaban J connectivity index is 1.50. The molecule has 6 nitrogen and oxygen atoms in total. The molecule has 7 heteroatoms. The van der Waals surface area contributed by atoms with Gasteiger partial charge in [-0.25, -0.2) is 9.37 Å². The van der Waals surface area contributed by atoms with E-state index in [1.54, 1.807) is 49.1 Å². The van der Waals surface area contributed by atoms with Crippen LogP contribution in [-0.2, 0) is 9.59 Å². The zero-order valence-electron chi connectivity index (χ0n) is 15.0. The van der Waals surface area contributed by atoms with Crippen LogP contribution in [-0.4, -0.2) is 23.3 Å². The van der Waals surface area contributed by atoms with Crippen molar-refractivity contribution in [3.63, 3.8) is 0 Å². The van der Waals surface area contributed by atoms with Gasteiger partial charge in [0.2, 0.25) is 11.8 Å². The third kappa shape index (κ3) is 3.28. The zero-order chi connectivity index (χ0) is 19.1. The van der Waals surface area contributed by atoms with Crippen molar-refractivity contribution in [3.05, 3.63) is 53.7 Å². The molecule has 1 atom stereocenters. The molecule has 1 fully saturated rings. The number of oxazole rings is 1. The van der Waals surface area contributed by atoms with Gasteiger partial charge >= 0.3 is 0 Å². The van der Waals surface area contributed by atoms with E-state index in [1.807, 2.05) is 0 Å². The number of nitrogens with one attached hydrogen (secondary N) is 1. The molecule has 0 saturated carbocycles. The highest BCUT2D eigenvalue weighted by atomic mass is 19.1. The monoisotopic (exact) mass is 367 g/mol. The largest absolute Gasteiger partial charge is 0.441 e. The lowest BCUT2D eigenvalue weighted by atomic mass is 10.1. The molecule has 27 heavy (non-hydrogen) atoms. The van der Waals surface area contributed by atoms with E-state index in [4.69, 9.17) is 4.42 Å². The van der Waals surface area contributed by atoms with Crippen LogP contribution in [0.25, 0.3) is 11.1 Å². The van der Waals surface area contributed by atoms with Gasteiger partial charge in [0.15, 0.2) is 11.5 Å². The van der Waals surface area contributed by atoms with Crippen molar-refractivity contribution in [2.45, 2.75) is 20.3 Å². The minimum absolute atomic E-state index is 0.107. The SMILES string of the molecule is Cc1nc2cc(N3CC(C(=O)Nc4ccc(C)c(F)c4)CC3=O)ccc2o1. The van der Waals surface area contributed by atoms with Crippen LogP contribution in [0, 0.1) is 25.6 Å². The number of halogens is 1. The van der Waals surface area contributed by atoms with Gasteiger partial charge in [-0.2, -0.15) is 0 Å². The normalized spacial score (nSPS) is 16.9. The van der Waals surface area contributed by atoms with Crippen molar-refractivity contribution in [3.8, 4) is 0 Å². The molecule has 0 aliphatic carbocycles. The van der Waals surface area contributed by atoms with Crippen LogP contribution in [0.1, 0.15) is 17.9 Å². The molecule has 1 saturated heterocycles. The number of hydrogen-bond acceptors (Lipinski definition) is 4. The average molecular weight is 367 g/mol. The number of anilines is 2. The predicted octanol–water partition coefficient (Wildman–Crippen LogP) is 3.58. The van der Waals surface area contributed by atoms with Gasteiger partial charge in [0.05, 0.1) is 5.92 Å². The summed E-state index contributed by atoms with van der Waals surface area (Å²) >= 11 is 0. The van der Waals surface area contributed by atoms with Crippen molar-refractivity contribution >= 4 is 34.3 Å². The van der Waals surface area contributed by atoms with Crippen molar-refractivity contribution in [2.24, 2.45) is 5.92 Å². The molecule has 3 aromatic rings. The Labute approximate surface area is 155 Å². The number of rotatable bonds is 3. The first-order valence-corrected chi connectivity index (χ1v) is 8.65. The van der Waals surface area contributed by atoms with Gasteiger partial charge in [0.25, 0.3) is 0 Å². The summed E-state index contributed by atoms with van der Waals surface area (Å²) in [5, 5.41) is 2.69. The molecular formula is C20H18FN3O3. The topological polar surface area (TPSA) is 75.4 Å². The van der Waals surface area contributed by atoms with E-state index in [2.05, 4.69) is 10.3 Å². The second-order valence-corrected chi connectivity index (χ2v) is 6.74. The Bertz CT molecular complexity index is 1060. The van der Waals surface area contributed by atoms with Crippen LogP contribution in [0.2, 0.25) is 0 Å². The van der Waals surface area contributed by atoms with Crippen molar-refractivity contribution < 1.29 is 18.4 Å². The molecule has 138 valence electrons. The number of aryl methyl sites for hydroxylation is 2. The Kier molecular flexibility index (Phi) is 4.14. The number of benzene rings is 2. The number of carbonyl (C=O) groups excluding carboxylic acids is 2. The molecule has 0 radical (unpaired) electrons.